The number of benzene rings is 1. The Labute approximate surface area is 136 Å². The molecule has 5 heteroatoms. The van der Waals surface area contributed by atoms with Gasteiger partial charge >= 0.3 is 0 Å². The molecule has 0 saturated heterocycles. The highest BCUT2D eigenvalue weighted by atomic mass is 16.5. The molecule has 2 aromatic rings. The van der Waals surface area contributed by atoms with E-state index in [-0.39, 0.29) is 6.10 Å². The summed E-state index contributed by atoms with van der Waals surface area (Å²) in [6.45, 7) is 1.36. The van der Waals surface area contributed by atoms with Crippen LogP contribution in [0.3, 0.4) is 0 Å². The molecule has 1 N–H and O–H groups in total. The highest BCUT2D eigenvalue weighted by molar-refractivity contribution is 5.78. The van der Waals surface area contributed by atoms with E-state index < -0.39 is 0 Å². The molecule has 1 aliphatic heterocycles. The van der Waals surface area contributed by atoms with Gasteiger partial charge in [0.05, 0.1) is 36.8 Å². The van der Waals surface area contributed by atoms with Crippen LogP contribution in [0.1, 0.15) is 23.5 Å². The summed E-state index contributed by atoms with van der Waals surface area (Å²) in [6.07, 6.45) is 6.75. The number of nitrogens with zero attached hydrogens (tertiary/aromatic N) is 3. The normalized spacial score (nSPS) is 17.3. The van der Waals surface area contributed by atoms with Crippen LogP contribution in [0.5, 0.6) is 0 Å². The Bertz CT molecular complexity index is 703. The minimum absolute atomic E-state index is 0.0314. The number of rotatable bonds is 6. The fraction of sp³-hybridized carbons (Fsp3) is 0.333. The fourth-order valence-corrected chi connectivity index (χ4v) is 2.57. The molecule has 1 aliphatic rings. The average Bonchev–Trinajstić information content (AvgIpc) is 2.96. The third-order valence-corrected chi connectivity index (χ3v) is 3.91. The molecule has 5 nitrogen and oxygen atoms in total. The lowest BCUT2D eigenvalue weighted by atomic mass is 10.1. The molecule has 120 valence electrons. The molecule has 2 heterocycles. The predicted octanol–water partition coefficient (Wildman–Crippen LogP) is 2.54. The second-order valence-corrected chi connectivity index (χ2v) is 5.59. The maximum absolute atomic E-state index is 5.90. The van der Waals surface area contributed by atoms with Crippen molar-refractivity contribution in [2.75, 3.05) is 7.05 Å². The van der Waals surface area contributed by atoms with E-state index in [1.54, 1.807) is 0 Å². The molecule has 0 bridgehead atoms. The van der Waals surface area contributed by atoms with Gasteiger partial charge < -0.3 is 14.6 Å². The third kappa shape index (κ3) is 3.75. The zero-order chi connectivity index (χ0) is 16.1. The van der Waals surface area contributed by atoms with Crippen molar-refractivity contribution in [3.63, 3.8) is 0 Å². The summed E-state index contributed by atoms with van der Waals surface area (Å²) in [6, 6.07) is 10.2. The Morgan fingerprint density at radius 3 is 2.83 bits per heavy atom. The first-order chi connectivity index (χ1) is 11.3. The Morgan fingerprint density at radius 2 is 2.13 bits per heavy atom. The lowest BCUT2D eigenvalue weighted by Gasteiger charge is -2.17. The molecule has 1 aromatic carbocycles. The Hall–Kier alpha value is -2.24. The quantitative estimate of drug-likeness (QED) is 0.892. The van der Waals surface area contributed by atoms with Gasteiger partial charge in [0, 0.05) is 13.3 Å². The number of aliphatic imine (C=N–C) groups is 1. The maximum Gasteiger partial charge on any atom is 0.122 e. The van der Waals surface area contributed by atoms with Crippen LogP contribution >= 0.6 is 0 Å². The summed E-state index contributed by atoms with van der Waals surface area (Å²) in [5, 5.41) is 3.12. The van der Waals surface area contributed by atoms with Crippen molar-refractivity contribution in [3.05, 3.63) is 59.7 Å². The molecule has 1 unspecified atom stereocenters. The predicted molar refractivity (Wildman–Crippen MR) is 92.1 cm³/mol. The summed E-state index contributed by atoms with van der Waals surface area (Å²) in [5.41, 5.74) is 3.17. The van der Waals surface area contributed by atoms with Crippen molar-refractivity contribution in [1.82, 2.24) is 14.9 Å². The maximum atomic E-state index is 5.90. The smallest absolute Gasteiger partial charge is 0.122 e. The standard InChI is InChI=1S/C18H22N4O/c1-19-12-18-21-11-17(22(18)2)16-9-8-15(10-20-16)23-13-14-6-4-3-5-7-14/h3-7,9-11,15,19H,8,12-13H2,1-2H3. The van der Waals surface area contributed by atoms with Crippen molar-refractivity contribution >= 4 is 11.9 Å². The van der Waals surface area contributed by atoms with E-state index in [9.17, 15) is 0 Å². The number of hydrogen-bond donors (Lipinski definition) is 1. The Balaban J connectivity index is 1.59. The van der Waals surface area contributed by atoms with Crippen molar-refractivity contribution in [1.29, 1.82) is 0 Å². The largest absolute Gasteiger partial charge is 0.368 e. The van der Waals surface area contributed by atoms with Crippen LogP contribution in [0.2, 0.25) is 0 Å². The Kier molecular flexibility index (Phi) is 5.00. The van der Waals surface area contributed by atoms with Gasteiger partial charge in [-0.15, -0.1) is 0 Å². The minimum atomic E-state index is 0.0314. The van der Waals surface area contributed by atoms with Gasteiger partial charge in [0.1, 0.15) is 5.82 Å². The van der Waals surface area contributed by atoms with Crippen LogP contribution in [0.15, 0.2) is 47.6 Å². The molecule has 0 radical (unpaired) electrons. The van der Waals surface area contributed by atoms with E-state index in [4.69, 9.17) is 4.74 Å². The molecule has 0 fully saturated rings. The topological polar surface area (TPSA) is 51.4 Å². The molecule has 3 rings (SSSR count). The van der Waals surface area contributed by atoms with Crippen molar-refractivity contribution in [2.24, 2.45) is 12.0 Å². The minimum Gasteiger partial charge on any atom is -0.368 e. The third-order valence-electron chi connectivity index (χ3n) is 3.91. The summed E-state index contributed by atoms with van der Waals surface area (Å²) in [4.78, 5) is 8.99. The molecule has 23 heavy (non-hydrogen) atoms. The number of imidazole rings is 1. The molecule has 0 saturated carbocycles. The fourth-order valence-electron chi connectivity index (χ4n) is 2.57. The van der Waals surface area contributed by atoms with E-state index in [1.807, 2.05) is 44.7 Å². The van der Waals surface area contributed by atoms with Crippen LogP contribution in [-0.4, -0.2) is 28.9 Å². The first kappa shape index (κ1) is 15.6. The van der Waals surface area contributed by atoms with Crippen molar-refractivity contribution in [3.8, 4) is 0 Å². The van der Waals surface area contributed by atoms with Gasteiger partial charge in [0.2, 0.25) is 0 Å². The van der Waals surface area contributed by atoms with Gasteiger partial charge in [-0.2, -0.15) is 0 Å². The van der Waals surface area contributed by atoms with Gasteiger partial charge in [-0.1, -0.05) is 36.4 Å². The van der Waals surface area contributed by atoms with Crippen LogP contribution in [0.4, 0.5) is 0 Å². The van der Waals surface area contributed by atoms with Gasteiger partial charge in [-0.05, 0) is 19.0 Å². The molecule has 1 aromatic heterocycles. The monoisotopic (exact) mass is 310 g/mol. The SMILES string of the molecule is CNCc1ncc(C2=CCC(OCc3ccccc3)C=N2)n1C. The number of hydrogen-bond acceptors (Lipinski definition) is 4. The molecular formula is C18H22N4O. The van der Waals surface area contributed by atoms with E-state index >= 15 is 0 Å². The first-order valence-electron chi connectivity index (χ1n) is 7.83. The first-order valence-corrected chi connectivity index (χ1v) is 7.83. The molecule has 0 spiro atoms. The van der Waals surface area contributed by atoms with Gasteiger partial charge in [0.15, 0.2) is 0 Å². The van der Waals surface area contributed by atoms with E-state index in [1.165, 1.54) is 5.56 Å². The zero-order valence-corrected chi connectivity index (χ0v) is 13.6. The van der Waals surface area contributed by atoms with E-state index in [0.29, 0.717) is 6.61 Å². The molecule has 0 aliphatic carbocycles. The van der Waals surface area contributed by atoms with E-state index in [0.717, 1.165) is 30.2 Å². The van der Waals surface area contributed by atoms with Crippen molar-refractivity contribution < 1.29 is 4.74 Å². The highest BCUT2D eigenvalue weighted by Gasteiger charge is 2.15. The van der Waals surface area contributed by atoms with Gasteiger partial charge in [0.25, 0.3) is 0 Å². The van der Waals surface area contributed by atoms with Gasteiger partial charge in [-0.25, -0.2) is 4.98 Å². The molecule has 1 atom stereocenters. The molecular weight excluding hydrogens is 288 g/mol. The van der Waals surface area contributed by atoms with Crippen LogP contribution < -0.4 is 5.32 Å². The zero-order valence-electron chi connectivity index (χ0n) is 13.6. The van der Waals surface area contributed by atoms with Crippen LogP contribution in [0, 0.1) is 0 Å². The summed E-state index contributed by atoms with van der Waals surface area (Å²) in [5.74, 6) is 1.00. The second kappa shape index (κ2) is 7.35. The highest BCUT2D eigenvalue weighted by Crippen LogP contribution is 2.21. The lowest BCUT2D eigenvalue weighted by molar-refractivity contribution is 0.0888. The average molecular weight is 310 g/mol. The van der Waals surface area contributed by atoms with Crippen molar-refractivity contribution in [2.45, 2.75) is 25.7 Å². The Morgan fingerprint density at radius 1 is 1.30 bits per heavy atom. The van der Waals surface area contributed by atoms with E-state index in [2.05, 4.69) is 38.1 Å². The molecule has 0 amide bonds. The number of aromatic nitrogens is 2. The van der Waals surface area contributed by atoms with Crippen LogP contribution in [0.25, 0.3) is 5.70 Å². The number of ether oxygens (including phenoxy) is 1. The lowest BCUT2D eigenvalue weighted by Crippen LogP contribution is -2.17. The van der Waals surface area contributed by atoms with Gasteiger partial charge in [-0.3, -0.25) is 4.99 Å². The summed E-state index contributed by atoms with van der Waals surface area (Å²) < 4.78 is 7.98. The summed E-state index contributed by atoms with van der Waals surface area (Å²) in [7, 11) is 3.93. The number of nitrogens with one attached hydrogen (secondary N) is 1. The van der Waals surface area contributed by atoms with Crippen LogP contribution in [-0.2, 0) is 24.9 Å². The summed E-state index contributed by atoms with van der Waals surface area (Å²) >= 11 is 0. The second-order valence-electron chi connectivity index (χ2n) is 5.59.